The van der Waals surface area contributed by atoms with Crippen LogP contribution in [0.1, 0.15) is 69.5 Å². The lowest BCUT2D eigenvalue weighted by Crippen LogP contribution is -2.43. The molecule has 1 N–H and O–H groups in total. The van der Waals surface area contributed by atoms with Gasteiger partial charge in [0.2, 0.25) is 0 Å². The summed E-state index contributed by atoms with van der Waals surface area (Å²) in [4.78, 5) is 16.9. The Morgan fingerprint density at radius 1 is 1.03 bits per heavy atom. The molecule has 0 atom stereocenters. The number of ether oxygens (including phenoxy) is 2. The summed E-state index contributed by atoms with van der Waals surface area (Å²) < 4.78 is 10.9. The molecule has 34 heavy (non-hydrogen) atoms. The first kappa shape index (κ1) is 27.5. The smallest absolute Gasteiger partial charge is 0.412 e. The van der Waals surface area contributed by atoms with E-state index in [1.54, 1.807) is 13.3 Å². The number of hydrogen-bond donors (Lipinski definition) is 1. The number of anilines is 1. The van der Waals surface area contributed by atoms with Crippen LogP contribution in [0.5, 0.6) is 5.75 Å². The minimum Gasteiger partial charge on any atom is -0.496 e. The first-order chi connectivity index (χ1) is 15.9. The van der Waals surface area contributed by atoms with Gasteiger partial charge in [-0.25, -0.2) is 4.79 Å². The van der Waals surface area contributed by atoms with Gasteiger partial charge in [-0.15, -0.1) is 5.54 Å². The summed E-state index contributed by atoms with van der Waals surface area (Å²) in [5.74, 6) is 4.23. The normalized spacial score (nSPS) is 11.4. The molecule has 1 aromatic carbocycles. The number of nitrogens with zero attached hydrogens (tertiary/aromatic N) is 1. The Morgan fingerprint density at radius 3 is 2.21 bits per heavy atom. The van der Waals surface area contributed by atoms with Crippen molar-refractivity contribution >= 4 is 19.9 Å². The number of amides is 1. The number of rotatable bonds is 7. The zero-order chi connectivity index (χ0) is 25.6. The van der Waals surface area contributed by atoms with Crippen LogP contribution in [-0.4, -0.2) is 26.3 Å². The topological polar surface area (TPSA) is 60.5 Å². The summed E-state index contributed by atoms with van der Waals surface area (Å²) in [6.07, 6.45) is 1.20. The molecule has 2 aromatic rings. The van der Waals surface area contributed by atoms with E-state index in [1.165, 1.54) is 0 Å². The quantitative estimate of drug-likeness (QED) is 0.333. The highest BCUT2D eigenvalue weighted by molar-refractivity contribution is 6.90. The van der Waals surface area contributed by atoms with Crippen LogP contribution in [0.2, 0.25) is 16.6 Å². The molecule has 0 fully saturated rings. The number of aryl methyl sites for hydroxylation is 2. The van der Waals surface area contributed by atoms with Crippen molar-refractivity contribution in [1.82, 2.24) is 4.98 Å². The monoisotopic (exact) mass is 480 g/mol. The fourth-order valence-corrected chi connectivity index (χ4v) is 10.3. The molecular weight excluding hydrogens is 440 g/mol. The van der Waals surface area contributed by atoms with Gasteiger partial charge in [0, 0.05) is 28.6 Å². The van der Waals surface area contributed by atoms with Gasteiger partial charge in [0.25, 0.3) is 0 Å². The largest absolute Gasteiger partial charge is 0.496 e. The van der Waals surface area contributed by atoms with Crippen molar-refractivity contribution in [3.05, 3.63) is 52.3 Å². The molecule has 1 amide bonds. The highest BCUT2D eigenvalue weighted by Crippen LogP contribution is 2.40. The average molecular weight is 481 g/mol. The Bertz CT molecular complexity index is 1060. The minimum absolute atomic E-state index is 0.0675. The number of hydrogen-bond acceptors (Lipinski definition) is 4. The van der Waals surface area contributed by atoms with Crippen LogP contribution in [0.3, 0.4) is 0 Å². The molecule has 1 aromatic heterocycles. The van der Waals surface area contributed by atoms with Gasteiger partial charge < -0.3 is 9.47 Å². The van der Waals surface area contributed by atoms with Gasteiger partial charge in [-0.3, -0.25) is 10.3 Å². The van der Waals surface area contributed by atoms with E-state index in [1.807, 2.05) is 32.9 Å². The Kier molecular flexibility index (Phi) is 9.34. The van der Waals surface area contributed by atoms with Crippen LogP contribution in [0, 0.1) is 32.2 Å². The van der Waals surface area contributed by atoms with E-state index in [2.05, 4.69) is 69.4 Å². The van der Waals surface area contributed by atoms with Crippen LogP contribution < -0.4 is 10.1 Å². The first-order valence-electron chi connectivity index (χ1n) is 12.0. The Hall–Kier alpha value is -2.78. The van der Waals surface area contributed by atoms with Crippen LogP contribution in [-0.2, 0) is 11.3 Å². The van der Waals surface area contributed by atoms with E-state index < -0.39 is 14.2 Å². The number of methoxy groups -OCH3 is 1. The molecule has 0 radical (unpaired) electrons. The maximum absolute atomic E-state index is 12.5. The third-order valence-electron chi connectivity index (χ3n) is 6.70. The Balaban J connectivity index is 2.20. The molecule has 5 nitrogen and oxygen atoms in total. The molecule has 0 saturated heterocycles. The predicted molar refractivity (Wildman–Crippen MR) is 143 cm³/mol. The molecule has 0 spiro atoms. The van der Waals surface area contributed by atoms with E-state index in [9.17, 15) is 4.79 Å². The van der Waals surface area contributed by atoms with Crippen molar-refractivity contribution in [2.24, 2.45) is 0 Å². The zero-order valence-electron chi connectivity index (χ0n) is 22.4. The molecule has 0 aliphatic carbocycles. The summed E-state index contributed by atoms with van der Waals surface area (Å²) >= 11 is 0. The van der Waals surface area contributed by atoms with Crippen molar-refractivity contribution in [2.45, 2.75) is 85.5 Å². The van der Waals surface area contributed by atoms with E-state index in [4.69, 9.17) is 9.47 Å². The SMILES string of the molecule is COc1c(C)cnc(COC(=O)Nc2cc(C)cc(C#C[Si](C(C)C)(C(C)C)C(C)C)c2)c1C. The first-order valence-corrected chi connectivity index (χ1v) is 14.2. The summed E-state index contributed by atoms with van der Waals surface area (Å²) in [7, 11) is -0.209. The number of benzene rings is 1. The number of aromatic nitrogens is 1. The Morgan fingerprint density at radius 2 is 1.65 bits per heavy atom. The van der Waals surface area contributed by atoms with Gasteiger partial charge in [0.1, 0.15) is 20.4 Å². The van der Waals surface area contributed by atoms with Gasteiger partial charge in [-0.2, -0.15) is 0 Å². The third kappa shape index (κ3) is 6.21. The van der Waals surface area contributed by atoms with Crippen molar-refractivity contribution in [3.63, 3.8) is 0 Å². The number of carbonyl (C=O) groups is 1. The van der Waals surface area contributed by atoms with Crippen molar-refractivity contribution in [3.8, 4) is 17.2 Å². The third-order valence-corrected chi connectivity index (χ3v) is 13.0. The van der Waals surface area contributed by atoms with Gasteiger partial charge in [0.15, 0.2) is 0 Å². The minimum atomic E-state index is -1.84. The number of pyridine rings is 1. The second-order valence-corrected chi connectivity index (χ2v) is 15.6. The van der Waals surface area contributed by atoms with Crippen LogP contribution in [0.4, 0.5) is 10.5 Å². The molecule has 2 rings (SSSR count). The van der Waals surface area contributed by atoms with Gasteiger partial charge in [0.05, 0.1) is 12.8 Å². The van der Waals surface area contributed by atoms with Crippen LogP contribution in [0.15, 0.2) is 24.4 Å². The highest BCUT2D eigenvalue weighted by atomic mass is 28.3. The van der Waals surface area contributed by atoms with Crippen molar-refractivity contribution in [2.75, 3.05) is 12.4 Å². The van der Waals surface area contributed by atoms with E-state index in [0.717, 1.165) is 28.0 Å². The number of carbonyl (C=O) groups excluding carboxylic acids is 1. The molecule has 0 saturated carbocycles. The highest BCUT2D eigenvalue weighted by Gasteiger charge is 2.41. The molecular formula is C28H40N2O3Si. The van der Waals surface area contributed by atoms with Crippen molar-refractivity contribution < 1.29 is 14.3 Å². The van der Waals surface area contributed by atoms with Gasteiger partial charge in [-0.05, 0) is 61.2 Å². The van der Waals surface area contributed by atoms with Crippen LogP contribution in [0.25, 0.3) is 0 Å². The van der Waals surface area contributed by atoms with E-state index >= 15 is 0 Å². The summed E-state index contributed by atoms with van der Waals surface area (Å²) in [6.45, 7) is 19.8. The summed E-state index contributed by atoms with van der Waals surface area (Å²) in [5, 5.41) is 2.84. The van der Waals surface area contributed by atoms with Gasteiger partial charge in [-0.1, -0.05) is 47.5 Å². The molecule has 0 unspecified atom stereocenters. The molecule has 6 heteroatoms. The van der Waals surface area contributed by atoms with Crippen LogP contribution >= 0.6 is 0 Å². The lowest BCUT2D eigenvalue weighted by molar-refractivity contribution is 0.153. The zero-order valence-corrected chi connectivity index (χ0v) is 23.4. The summed E-state index contributed by atoms with van der Waals surface area (Å²) in [6, 6.07) is 5.90. The standard InChI is InChI=1S/C28H40N2O3Si/c1-18(2)34(19(3)4,20(5)6)12-11-24-13-21(7)14-25(15-24)30-28(31)33-17-26-23(9)27(32-10)22(8)16-29-26/h13-16,18-20H,17H2,1-10H3,(H,30,31). The predicted octanol–water partition coefficient (Wildman–Crippen LogP) is 7.33. The molecule has 0 aliphatic heterocycles. The van der Waals surface area contributed by atoms with Gasteiger partial charge >= 0.3 is 6.09 Å². The number of nitrogens with one attached hydrogen (secondary N) is 1. The molecule has 184 valence electrons. The fraction of sp³-hybridized carbons (Fsp3) is 0.500. The average Bonchev–Trinajstić information content (AvgIpc) is 2.72. The van der Waals surface area contributed by atoms with Crippen molar-refractivity contribution in [1.29, 1.82) is 0 Å². The van der Waals surface area contributed by atoms with E-state index in [0.29, 0.717) is 28.0 Å². The second kappa shape index (κ2) is 11.6. The van der Waals surface area contributed by atoms with E-state index in [-0.39, 0.29) is 6.61 Å². The lowest BCUT2D eigenvalue weighted by atomic mass is 10.1. The lowest BCUT2D eigenvalue weighted by Gasteiger charge is -2.38. The molecule has 0 bridgehead atoms. The molecule has 0 aliphatic rings. The maximum atomic E-state index is 12.5. The second-order valence-electron chi connectivity index (χ2n) is 9.98. The maximum Gasteiger partial charge on any atom is 0.412 e. The molecule has 1 heterocycles. The Labute approximate surface area is 206 Å². The fourth-order valence-electron chi connectivity index (χ4n) is 5.05. The summed E-state index contributed by atoms with van der Waals surface area (Å²) in [5.41, 5.74) is 10.6.